The van der Waals surface area contributed by atoms with E-state index in [0.29, 0.717) is 11.6 Å². The maximum absolute atomic E-state index is 12.6. The Labute approximate surface area is 146 Å². The summed E-state index contributed by atoms with van der Waals surface area (Å²) < 4.78 is 0. The summed E-state index contributed by atoms with van der Waals surface area (Å²) in [7, 11) is 0. The maximum atomic E-state index is 12.6. The molecule has 0 bridgehead atoms. The minimum atomic E-state index is 0.0270. The third kappa shape index (κ3) is 2.80. The smallest absolute Gasteiger partial charge is 0.223 e. The van der Waals surface area contributed by atoms with Crippen molar-refractivity contribution in [2.24, 2.45) is 5.92 Å². The molecule has 1 heterocycles. The predicted octanol–water partition coefficient (Wildman–Crippen LogP) is 4.24. The minimum absolute atomic E-state index is 0.0270. The monoisotopic (exact) mass is 338 g/mol. The van der Waals surface area contributed by atoms with Crippen molar-refractivity contribution in [3.05, 3.63) is 70.4 Å². The molecular weight excluding hydrogens is 320 g/mol. The van der Waals surface area contributed by atoms with Crippen LogP contribution in [0.25, 0.3) is 10.9 Å². The lowest BCUT2D eigenvalue weighted by atomic mass is 9.86. The highest BCUT2D eigenvalue weighted by Gasteiger charge is 2.27. The number of fused-ring (bicyclic) bond motifs is 3. The first-order valence-corrected chi connectivity index (χ1v) is 8.70. The van der Waals surface area contributed by atoms with Gasteiger partial charge in [-0.3, -0.25) is 4.79 Å². The molecule has 1 atom stereocenters. The molecule has 1 aromatic heterocycles. The Morgan fingerprint density at radius 2 is 1.96 bits per heavy atom. The second-order valence-corrected chi connectivity index (χ2v) is 6.78. The van der Waals surface area contributed by atoms with Gasteiger partial charge < -0.3 is 10.3 Å². The summed E-state index contributed by atoms with van der Waals surface area (Å²) >= 11 is 6.16. The average molecular weight is 339 g/mol. The second-order valence-electron chi connectivity index (χ2n) is 6.38. The van der Waals surface area contributed by atoms with Gasteiger partial charge in [0.25, 0.3) is 0 Å². The highest BCUT2D eigenvalue weighted by molar-refractivity contribution is 6.31. The van der Waals surface area contributed by atoms with E-state index in [1.165, 1.54) is 22.2 Å². The molecule has 0 fully saturated rings. The van der Waals surface area contributed by atoms with E-state index in [9.17, 15) is 4.79 Å². The Morgan fingerprint density at radius 1 is 1.17 bits per heavy atom. The zero-order valence-corrected chi connectivity index (χ0v) is 14.1. The summed E-state index contributed by atoms with van der Waals surface area (Å²) in [5, 5.41) is 4.99. The molecule has 3 nitrogen and oxygen atoms in total. The van der Waals surface area contributed by atoms with Gasteiger partial charge in [-0.15, -0.1) is 0 Å². The highest BCUT2D eigenvalue weighted by Crippen LogP contribution is 2.31. The Balaban J connectivity index is 1.48. The van der Waals surface area contributed by atoms with Crippen molar-refractivity contribution in [2.45, 2.75) is 25.8 Å². The van der Waals surface area contributed by atoms with Gasteiger partial charge in [-0.2, -0.15) is 0 Å². The third-order valence-electron chi connectivity index (χ3n) is 4.88. The van der Waals surface area contributed by atoms with E-state index in [2.05, 4.69) is 28.5 Å². The van der Waals surface area contributed by atoms with Gasteiger partial charge in [0.15, 0.2) is 0 Å². The molecule has 3 aromatic rings. The number of carbonyl (C=O) groups excluding carboxylic acids is 1. The van der Waals surface area contributed by atoms with Crippen molar-refractivity contribution in [1.82, 2.24) is 10.3 Å². The number of aryl methyl sites for hydroxylation is 1. The van der Waals surface area contributed by atoms with Crippen LogP contribution in [0, 0.1) is 5.92 Å². The minimum Gasteiger partial charge on any atom is -0.358 e. The van der Waals surface area contributed by atoms with Crippen molar-refractivity contribution in [2.75, 3.05) is 0 Å². The van der Waals surface area contributed by atoms with Crippen LogP contribution >= 0.6 is 11.6 Å². The fourth-order valence-corrected chi connectivity index (χ4v) is 3.76. The van der Waals surface area contributed by atoms with Crippen molar-refractivity contribution >= 4 is 28.4 Å². The van der Waals surface area contributed by atoms with E-state index in [0.717, 1.165) is 24.8 Å². The van der Waals surface area contributed by atoms with Gasteiger partial charge in [0.05, 0.1) is 0 Å². The number of para-hydroxylation sites is 1. The Kier molecular flexibility index (Phi) is 4.03. The lowest BCUT2D eigenvalue weighted by Gasteiger charge is -2.22. The molecule has 0 aliphatic heterocycles. The Bertz CT molecular complexity index is 900. The van der Waals surface area contributed by atoms with E-state index >= 15 is 0 Å². The molecule has 0 saturated carbocycles. The number of carbonyl (C=O) groups is 1. The van der Waals surface area contributed by atoms with Gasteiger partial charge in [0.1, 0.15) is 0 Å². The van der Waals surface area contributed by atoms with E-state index in [1.807, 2.05) is 30.3 Å². The second kappa shape index (κ2) is 6.33. The van der Waals surface area contributed by atoms with Crippen LogP contribution in [0.3, 0.4) is 0 Å². The van der Waals surface area contributed by atoms with Gasteiger partial charge in [-0.1, -0.05) is 48.0 Å². The van der Waals surface area contributed by atoms with Crippen LogP contribution < -0.4 is 5.32 Å². The molecule has 1 unspecified atom stereocenters. The van der Waals surface area contributed by atoms with Crippen molar-refractivity contribution in [1.29, 1.82) is 0 Å². The van der Waals surface area contributed by atoms with Crippen LogP contribution in [0.2, 0.25) is 5.02 Å². The molecule has 122 valence electrons. The molecule has 1 amide bonds. The first-order valence-electron chi connectivity index (χ1n) is 8.32. The maximum Gasteiger partial charge on any atom is 0.223 e. The fourth-order valence-electron chi connectivity index (χ4n) is 3.56. The standard InChI is InChI=1S/C20H19ClN2O/c21-17-7-3-1-5-14(17)12-22-20(24)13-9-10-19-16(11-13)15-6-2-4-8-18(15)23-19/h1-8,13,23H,9-12H2,(H,22,24). The largest absolute Gasteiger partial charge is 0.358 e. The lowest BCUT2D eigenvalue weighted by Crippen LogP contribution is -2.33. The molecule has 0 saturated heterocycles. The Morgan fingerprint density at radius 3 is 2.83 bits per heavy atom. The lowest BCUT2D eigenvalue weighted by molar-refractivity contribution is -0.125. The summed E-state index contributed by atoms with van der Waals surface area (Å²) in [6.07, 6.45) is 2.61. The molecule has 2 aromatic carbocycles. The summed E-state index contributed by atoms with van der Waals surface area (Å²) in [5.41, 5.74) is 4.71. The van der Waals surface area contributed by atoms with Crippen LogP contribution in [-0.2, 0) is 24.2 Å². The fraction of sp³-hybridized carbons (Fsp3) is 0.250. The van der Waals surface area contributed by atoms with Crippen LogP contribution in [0.5, 0.6) is 0 Å². The summed E-state index contributed by atoms with van der Waals surface area (Å²) in [6, 6.07) is 16.0. The van der Waals surface area contributed by atoms with Crippen LogP contribution in [-0.4, -0.2) is 10.9 Å². The molecule has 1 aliphatic rings. The number of aromatic amines is 1. The van der Waals surface area contributed by atoms with E-state index < -0.39 is 0 Å². The van der Waals surface area contributed by atoms with Gasteiger partial charge >= 0.3 is 0 Å². The molecule has 2 N–H and O–H groups in total. The first-order chi connectivity index (χ1) is 11.7. The topological polar surface area (TPSA) is 44.9 Å². The Hall–Kier alpha value is -2.26. The number of halogens is 1. The van der Waals surface area contributed by atoms with E-state index in [1.54, 1.807) is 0 Å². The van der Waals surface area contributed by atoms with Gasteiger partial charge in [0, 0.05) is 34.1 Å². The van der Waals surface area contributed by atoms with E-state index in [-0.39, 0.29) is 11.8 Å². The summed E-state index contributed by atoms with van der Waals surface area (Å²) in [6.45, 7) is 0.482. The number of amides is 1. The quantitative estimate of drug-likeness (QED) is 0.737. The SMILES string of the molecule is O=C(NCc1ccccc1Cl)C1CCc2[nH]c3ccccc3c2C1. The number of rotatable bonds is 3. The van der Waals surface area contributed by atoms with Crippen molar-refractivity contribution in [3.63, 3.8) is 0 Å². The number of H-pyrrole nitrogens is 1. The van der Waals surface area contributed by atoms with Crippen molar-refractivity contribution < 1.29 is 4.79 Å². The molecule has 4 heteroatoms. The molecular formula is C20H19ClN2O. The highest BCUT2D eigenvalue weighted by atomic mass is 35.5. The number of hydrogen-bond acceptors (Lipinski definition) is 1. The number of aromatic nitrogens is 1. The van der Waals surface area contributed by atoms with Crippen LogP contribution in [0.1, 0.15) is 23.2 Å². The normalized spacial score (nSPS) is 16.8. The first kappa shape index (κ1) is 15.3. The van der Waals surface area contributed by atoms with Crippen LogP contribution in [0.4, 0.5) is 0 Å². The average Bonchev–Trinajstić information content (AvgIpc) is 2.98. The summed E-state index contributed by atoms with van der Waals surface area (Å²) in [5.74, 6) is 0.144. The number of nitrogens with one attached hydrogen (secondary N) is 2. The predicted molar refractivity (Wildman–Crippen MR) is 97.1 cm³/mol. The molecule has 4 rings (SSSR count). The van der Waals surface area contributed by atoms with Gasteiger partial charge in [0.2, 0.25) is 5.91 Å². The number of hydrogen-bond donors (Lipinski definition) is 2. The molecule has 0 radical (unpaired) electrons. The molecule has 24 heavy (non-hydrogen) atoms. The van der Waals surface area contributed by atoms with Gasteiger partial charge in [-0.05, 0) is 42.5 Å². The van der Waals surface area contributed by atoms with Crippen LogP contribution in [0.15, 0.2) is 48.5 Å². The third-order valence-corrected chi connectivity index (χ3v) is 5.25. The summed E-state index contributed by atoms with van der Waals surface area (Å²) in [4.78, 5) is 16.1. The zero-order chi connectivity index (χ0) is 16.5. The zero-order valence-electron chi connectivity index (χ0n) is 13.3. The molecule has 0 spiro atoms. The molecule has 1 aliphatic carbocycles. The van der Waals surface area contributed by atoms with Crippen molar-refractivity contribution in [3.8, 4) is 0 Å². The number of benzene rings is 2. The van der Waals surface area contributed by atoms with E-state index in [4.69, 9.17) is 11.6 Å². The van der Waals surface area contributed by atoms with Gasteiger partial charge in [-0.25, -0.2) is 0 Å².